The third kappa shape index (κ3) is 2.91. The molecule has 2 aromatic carbocycles. The van der Waals surface area contributed by atoms with Gasteiger partial charge in [-0.05, 0) is 38.1 Å². The second-order valence-corrected chi connectivity index (χ2v) is 4.33. The summed E-state index contributed by atoms with van der Waals surface area (Å²) < 4.78 is 5.46. The Hall–Kier alpha value is -2.49. The third-order valence-electron chi connectivity index (χ3n) is 2.98. The number of para-hydroxylation sites is 2. The molecule has 1 amide bonds. The zero-order chi connectivity index (χ0) is 14.5. The summed E-state index contributed by atoms with van der Waals surface area (Å²) in [6.07, 6.45) is 0. The van der Waals surface area contributed by atoms with E-state index in [2.05, 4.69) is 5.32 Å². The summed E-state index contributed by atoms with van der Waals surface area (Å²) >= 11 is 0. The lowest BCUT2D eigenvalue weighted by Crippen LogP contribution is -2.14. The zero-order valence-corrected chi connectivity index (χ0v) is 11.5. The maximum Gasteiger partial charge on any atom is 0.256 e. The van der Waals surface area contributed by atoms with Crippen molar-refractivity contribution in [1.29, 1.82) is 0 Å². The van der Waals surface area contributed by atoms with E-state index in [1.807, 2.05) is 19.1 Å². The van der Waals surface area contributed by atoms with Gasteiger partial charge in [-0.1, -0.05) is 18.2 Å². The van der Waals surface area contributed by atoms with E-state index < -0.39 is 0 Å². The van der Waals surface area contributed by atoms with Crippen molar-refractivity contribution in [1.82, 2.24) is 0 Å². The molecule has 0 aliphatic heterocycles. The van der Waals surface area contributed by atoms with Gasteiger partial charge in [-0.3, -0.25) is 4.79 Å². The molecular formula is C16H17NO3. The van der Waals surface area contributed by atoms with Crippen molar-refractivity contribution >= 4 is 11.6 Å². The van der Waals surface area contributed by atoms with E-state index in [-0.39, 0.29) is 11.7 Å². The standard InChI is InChI=1S/C16H17NO3/c1-3-20-15-10-5-4-8-13(15)17-16(19)12-7-6-9-14(18)11(12)2/h4-10,18H,3H2,1-2H3,(H,17,19). The predicted molar refractivity (Wildman–Crippen MR) is 78.4 cm³/mol. The van der Waals surface area contributed by atoms with Gasteiger partial charge in [0, 0.05) is 11.1 Å². The molecule has 0 heterocycles. The van der Waals surface area contributed by atoms with E-state index in [0.29, 0.717) is 29.2 Å². The number of carbonyl (C=O) groups excluding carboxylic acids is 1. The minimum Gasteiger partial charge on any atom is -0.508 e. The number of rotatable bonds is 4. The van der Waals surface area contributed by atoms with Crippen LogP contribution in [0.5, 0.6) is 11.5 Å². The molecular weight excluding hydrogens is 254 g/mol. The molecule has 0 aromatic heterocycles. The molecule has 4 nitrogen and oxygen atoms in total. The Kier molecular flexibility index (Phi) is 4.25. The van der Waals surface area contributed by atoms with Gasteiger partial charge in [0.1, 0.15) is 11.5 Å². The Morgan fingerprint density at radius 1 is 1.20 bits per heavy atom. The lowest BCUT2D eigenvalue weighted by molar-refractivity contribution is 0.102. The average molecular weight is 271 g/mol. The molecule has 2 N–H and O–H groups in total. The third-order valence-corrected chi connectivity index (χ3v) is 2.98. The van der Waals surface area contributed by atoms with Gasteiger partial charge >= 0.3 is 0 Å². The number of ether oxygens (including phenoxy) is 1. The number of phenols is 1. The van der Waals surface area contributed by atoms with Gasteiger partial charge in [0.2, 0.25) is 0 Å². The lowest BCUT2D eigenvalue weighted by atomic mass is 10.1. The highest BCUT2D eigenvalue weighted by molar-refractivity contribution is 6.06. The second kappa shape index (κ2) is 6.10. The molecule has 20 heavy (non-hydrogen) atoms. The number of amides is 1. The van der Waals surface area contributed by atoms with Crippen molar-refractivity contribution in [2.24, 2.45) is 0 Å². The number of benzene rings is 2. The molecule has 0 atom stereocenters. The molecule has 0 saturated carbocycles. The predicted octanol–water partition coefficient (Wildman–Crippen LogP) is 3.35. The Bertz CT molecular complexity index is 623. The number of phenolic OH excluding ortho intramolecular Hbond substituents is 1. The quantitative estimate of drug-likeness (QED) is 0.896. The molecule has 0 aliphatic carbocycles. The normalized spacial score (nSPS) is 10.1. The van der Waals surface area contributed by atoms with E-state index in [1.54, 1.807) is 37.3 Å². The van der Waals surface area contributed by atoms with Crippen LogP contribution in [0.15, 0.2) is 42.5 Å². The Morgan fingerprint density at radius 2 is 1.95 bits per heavy atom. The number of hydrogen-bond acceptors (Lipinski definition) is 3. The van der Waals surface area contributed by atoms with Crippen molar-refractivity contribution in [3.8, 4) is 11.5 Å². The fourth-order valence-electron chi connectivity index (χ4n) is 1.91. The SMILES string of the molecule is CCOc1ccccc1NC(=O)c1cccc(O)c1C. The van der Waals surface area contributed by atoms with Gasteiger partial charge in [-0.25, -0.2) is 0 Å². The first kappa shape index (κ1) is 13.9. The summed E-state index contributed by atoms with van der Waals surface area (Å²) in [5, 5.41) is 12.5. The molecule has 0 fully saturated rings. The molecule has 2 rings (SSSR count). The van der Waals surface area contributed by atoms with E-state index in [0.717, 1.165) is 0 Å². The van der Waals surface area contributed by atoms with Crippen molar-refractivity contribution < 1.29 is 14.6 Å². The van der Waals surface area contributed by atoms with Gasteiger partial charge in [-0.2, -0.15) is 0 Å². The number of carbonyl (C=O) groups is 1. The maximum atomic E-state index is 12.3. The van der Waals surface area contributed by atoms with Crippen molar-refractivity contribution in [2.45, 2.75) is 13.8 Å². The smallest absolute Gasteiger partial charge is 0.256 e. The van der Waals surface area contributed by atoms with Crippen LogP contribution in [0.4, 0.5) is 5.69 Å². The van der Waals surface area contributed by atoms with Crippen LogP contribution in [-0.4, -0.2) is 17.6 Å². The largest absolute Gasteiger partial charge is 0.508 e. The number of anilines is 1. The van der Waals surface area contributed by atoms with E-state index in [9.17, 15) is 9.90 Å². The highest BCUT2D eigenvalue weighted by Crippen LogP contribution is 2.26. The molecule has 104 valence electrons. The van der Waals surface area contributed by atoms with Gasteiger partial charge in [0.05, 0.1) is 12.3 Å². The van der Waals surface area contributed by atoms with Crippen LogP contribution in [-0.2, 0) is 0 Å². The summed E-state index contributed by atoms with van der Waals surface area (Å²) in [6.45, 7) is 4.12. The van der Waals surface area contributed by atoms with E-state index in [1.165, 1.54) is 0 Å². The first-order chi connectivity index (χ1) is 9.63. The van der Waals surface area contributed by atoms with Crippen LogP contribution in [0.2, 0.25) is 0 Å². The monoisotopic (exact) mass is 271 g/mol. The van der Waals surface area contributed by atoms with Crippen LogP contribution < -0.4 is 10.1 Å². The molecule has 0 spiro atoms. The Balaban J connectivity index is 2.26. The Morgan fingerprint density at radius 3 is 2.70 bits per heavy atom. The average Bonchev–Trinajstić information content (AvgIpc) is 2.44. The summed E-state index contributed by atoms with van der Waals surface area (Å²) in [5.74, 6) is 0.461. The van der Waals surface area contributed by atoms with Gasteiger partial charge in [-0.15, -0.1) is 0 Å². The summed E-state index contributed by atoms with van der Waals surface area (Å²) in [5.41, 5.74) is 1.61. The van der Waals surface area contributed by atoms with Crippen LogP contribution in [0.1, 0.15) is 22.8 Å². The van der Waals surface area contributed by atoms with Crippen LogP contribution in [0.3, 0.4) is 0 Å². The van der Waals surface area contributed by atoms with Gasteiger partial charge in [0.15, 0.2) is 0 Å². The number of hydrogen-bond donors (Lipinski definition) is 2. The van der Waals surface area contributed by atoms with Gasteiger partial charge in [0.25, 0.3) is 5.91 Å². The molecule has 0 bridgehead atoms. The minimum absolute atomic E-state index is 0.107. The maximum absolute atomic E-state index is 12.3. The first-order valence-electron chi connectivity index (χ1n) is 6.45. The Labute approximate surface area is 118 Å². The molecule has 0 unspecified atom stereocenters. The van der Waals surface area contributed by atoms with Crippen molar-refractivity contribution in [3.05, 3.63) is 53.6 Å². The minimum atomic E-state index is -0.273. The summed E-state index contributed by atoms with van der Waals surface area (Å²) in [7, 11) is 0. The fraction of sp³-hybridized carbons (Fsp3) is 0.188. The summed E-state index contributed by atoms with van der Waals surface area (Å²) in [6, 6.07) is 12.1. The van der Waals surface area contributed by atoms with Crippen LogP contribution >= 0.6 is 0 Å². The van der Waals surface area contributed by atoms with Crippen LogP contribution in [0, 0.1) is 6.92 Å². The molecule has 0 aliphatic rings. The molecule has 0 radical (unpaired) electrons. The van der Waals surface area contributed by atoms with Crippen LogP contribution in [0.25, 0.3) is 0 Å². The number of nitrogens with one attached hydrogen (secondary N) is 1. The fourth-order valence-corrected chi connectivity index (χ4v) is 1.91. The molecule has 0 saturated heterocycles. The van der Waals surface area contributed by atoms with Gasteiger partial charge < -0.3 is 15.2 Å². The highest BCUT2D eigenvalue weighted by Gasteiger charge is 2.13. The zero-order valence-electron chi connectivity index (χ0n) is 11.5. The van der Waals surface area contributed by atoms with E-state index >= 15 is 0 Å². The first-order valence-corrected chi connectivity index (χ1v) is 6.45. The summed E-state index contributed by atoms with van der Waals surface area (Å²) in [4.78, 5) is 12.3. The second-order valence-electron chi connectivity index (χ2n) is 4.33. The van der Waals surface area contributed by atoms with Crippen molar-refractivity contribution in [3.63, 3.8) is 0 Å². The molecule has 2 aromatic rings. The topological polar surface area (TPSA) is 58.6 Å². The van der Waals surface area contributed by atoms with E-state index in [4.69, 9.17) is 4.74 Å². The molecule has 4 heteroatoms. The number of aromatic hydroxyl groups is 1. The highest BCUT2D eigenvalue weighted by atomic mass is 16.5. The van der Waals surface area contributed by atoms with Crippen molar-refractivity contribution in [2.75, 3.05) is 11.9 Å². The lowest BCUT2D eigenvalue weighted by Gasteiger charge is -2.12.